The summed E-state index contributed by atoms with van der Waals surface area (Å²) in [6.07, 6.45) is 0. The lowest BCUT2D eigenvalue weighted by Gasteiger charge is -2.08. The van der Waals surface area contributed by atoms with Crippen LogP contribution in [0.2, 0.25) is 0 Å². The topological polar surface area (TPSA) is 72.7 Å². The molecule has 0 bridgehead atoms. The molecule has 0 spiro atoms. The first-order chi connectivity index (χ1) is 11.1. The van der Waals surface area contributed by atoms with Gasteiger partial charge < -0.3 is 5.32 Å². The van der Waals surface area contributed by atoms with Gasteiger partial charge >= 0.3 is 0 Å². The first-order valence-electron chi connectivity index (χ1n) is 6.70. The van der Waals surface area contributed by atoms with Gasteiger partial charge in [0, 0.05) is 10.0 Å². The summed E-state index contributed by atoms with van der Waals surface area (Å²) in [5.74, 6) is -0.472. The number of nitrogens with zero attached hydrogens (tertiary/aromatic N) is 4. The van der Waals surface area contributed by atoms with Crippen LogP contribution in [-0.4, -0.2) is 26.1 Å². The van der Waals surface area contributed by atoms with Crippen LogP contribution >= 0.6 is 15.9 Å². The van der Waals surface area contributed by atoms with Gasteiger partial charge in [-0.3, -0.25) is 4.79 Å². The summed E-state index contributed by atoms with van der Waals surface area (Å²) < 4.78 is 15.7. The van der Waals surface area contributed by atoms with E-state index in [2.05, 4.69) is 36.8 Å². The van der Waals surface area contributed by atoms with Crippen LogP contribution in [0, 0.1) is 5.82 Å². The van der Waals surface area contributed by atoms with Gasteiger partial charge in [0.1, 0.15) is 12.4 Å². The number of tetrazole rings is 1. The van der Waals surface area contributed by atoms with Gasteiger partial charge in [0.25, 0.3) is 0 Å². The molecule has 0 radical (unpaired) electrons. The summed E-state index contributed by atoms with van der Waals surface area (Å²) in [6.45, 7) is -0.118. The lowest BCUT2D eigenvalue weighted by Crippen LogP contribution is -2.20. The first kappa shape index (κ1) is 15.3. The second-order valence-corrected chi connectivity index (χ2v) is 5.61. The summed E-state index contributed by atoms with van der Waals surface area (Å²) in [4.78, 5) is 12.1. The molecule has 0 unspecified atom stereocenters. The van der Waals surface area contributed by atoms with E-state index in [1.165, 1.54) is 16.8 Å². The van der Waals surface area contributed by atoms with Crippen molar-refractivity contribution in [3.63, 3.8) is 0 Å². The molecule has 6 nitrogen and oxygen atoms in total. The highest BCUT2D eigenvalue weighted by atomic mass is 79.9. The molecule has 8 heteroatoms. The minimum atomic E-state index is -0.521. The van der Waals surface area contributed by atoms with Gasteiger partial charge in [0.05, 0.1) is 5.69 Å². The number of nitrogens with one attached hydrogen (secondary N) is 1. The molecular formula is C15H11BrFN5O. The molecule has 3 rings (SSSR count). The monoisotopic (exact) mass is 375 g/mol. The Kier molecular flexibility index (Phi) is 4.42. The second-order valence-electron chi connectivity index (χ2n) is 4.70. The van der Waals surface area contributed by atoms with E-state index in [0.717, 1.165) is 5.56 Å². The van der Waals surface area contributed by atoms with Crippen molar-refractivity contribution in [3.05, 3.63) is 58.8 Å². The molecule has 0 saturated carbocycles. The average molecular weight is 376 g/mol. The van der Waals surface area contributed by atoms with Crippen molar-refractivity contribution < 1.29 is 9.18 Å². The number of hydrogen-bond acceptors (Lipinski definition) is 4. The minimum Gasteiger partial charge on any atom is -0.322 e. The number of aromatic nitrogens is 4. The van der Waals surface area contributed by atoms with Crippen molar-refractivity contribution in [2.24, 2.45) is 0 Å². The number of rotatable bonds is 4. The lowest BCUT2D eigenvalue weighted by atomic mass is 10.2. The molecule has 1 heterocycles. The number of carbonyl (C=O) groups is 1. The van der Waals surface area contributed by atoms with Crippen LogP contribution < -0.4 is 5.32 Å². The Morgan fingerprint density at radius 3 is 2.74 bits per heavy atom. The van der Waals surface area contributed by atoms with Crippen molar-refractivity contribution in [1.29, 1.82) is 0 Å². The van der Waals surface area contributed by atoms with Gasteiger partial charge in [-0.1, -0.05) is 46.3 Å². The highest BCUT2D eigenvalue weighted by molar-refractivity contribution is 9.10. The van der Waals surface area contributed by atoms with Crippen molar-refractivity contribution in [2.75, 3.05) is 5.32 Å². The van der Waals surface area contributed by atoms with Crippen LogP contribution in [0.15, 0.2) is 53.0 Å². The summed E-state index contributed by atoms with van der Waals surface area (Å²) in [5, 5.41) is 13.8. The molecule has 0 saturated heterocycles. The van der Waals surface area contributed by atoms with Gasteiger partial charge in [0.2, 0.25) is 5.91 Å². The molecule has 0 aliphatic carbocycles. The first-order valence-corrected chi connectivity index (χ1v) is 7.49. The zero-order chi connectivity index (χ0) is 16.2. The van der Waals surface area contributed by atoms with E-state index in [4.69, 9.17) is 0 Å². The maximum atomic E-state index is 13.7. The molecule has 0 atom stereocenters. The van der Waals surface area contributed by atoms with Crippen molar-refractivity contribution in [1.82, 2.24) is 20.2 Å². The zero-order valence-corrected chi connectivity index (χ0v) is 13.4. The summed E-state index contributed by atoms with van der Waals surface area (Å²) in [7, 11) is 0. The number of anilines is 1. The van der Waals surface area contributed by atoms with Crippen LogP contribution in [0.3, 0.4) is 0 Å². The summed E-state index contributed by atoms with van der Waals surface area (Å²) in [6, 6.07) is 13.7. The van der Waals surface area contributed by atoms with E-state index in [1.54, 1.807) is 6.07 Å². The van der Waals surface area contributed by atoms with Crippen LogP contribution in [0.5, 0.6) is 0 Å². The third-order valence-corrected chi connectivity index (χ3v) is 3.56. The molecule has 0 aliphatic heterocycles. The van der Waals surface area contributed by atoms with Crippen LogP contribution in [-0.2, 0) is 11.3 Å². The SMILES string of the molecule is O=C(Cn1nnnc1-c1ccccc1)Nc1ccc(Br)cc1F. The predicted octanol–water partition coefficient (Wildman–Crippen LogP) is 2.88. The second kappa shape index (κ2) is 6.66. The molecule has 2 aromatic carbocycles. The van der Waals surface area contributed by atoms with Crippen LogP contribution in [0.1, 0.15) is 0 Å². The predicted molar refractivity (Wildman–Crippen MR) is 86.0 cm³/mol. The molecule has 0 aliphatic rings. The zero-order valence-electron chi connectivity index (χ0n) is 11.8. The third kappa shape index (κ3) is 3.59. The van der Waals surface area contributed by atoms with E-state index in [-0.39, 0.29) is 12.2 Å². The van der Waals surface area contributed by atoms with E-state index in [0.29, 0.717) is 10.3 Å². The standard InChI is InChI=1S/C15H11BrFN5O/c16-11-6-7-13(12(17)8-11)18-14(23)9-22-15(19-20-21-22)10-4-2-1-3-5-10/h1-8H,9H2,(H,18,23). The minimum absolute atomic E-state index is 0.104. The molecule has 23 heavy (non-hydrogen) atoms. The van der Waals surface area contributed by atoms with E-state index in [9.17, 15) is 9.18 Å². The third-order valence-electron chi connectivity index (χ3n) is 3.06. The van der Waals surface area contributed by atoms with Crippen molar-refractivity contribution in [2.45, 2.75) is 6.54 Å². The summed E-state index contributed by atoms with van der Waals surface area (Å²) >= 11 is 3.16. The quantitative estimate of drug-likeness (QED) is 0.760. The van der Waals surface area contributed by atoms with Crippen molar-refractivity contribution >= 4 is 27.5 Å². The Labute approximate surface area is 139 Å². The van der Waals surface area contributed by atoms with E-state index < -0.39 is 11.7 Å². The highest BCUT2D eigenvalue weighted by Crippen LogP contribution is 2.19. The smallest absolute Gasteiger partial charge is 0.246 e. The molecule has 1 amide bonds. The number of benzene rings is 2. The van der Waals surface area contributed by atoms with Crippen LogP contribution in [0.4, 0.5) is 10.1 Å². The molecule has 1 aromatic heterocycles. The lowest BCUT2D eigenvalue weighted by molar-refractivity contribution is -0.116. The molecule has 116 valence electrons. The normalized spacial score (nSPS) is 10.5. The molecular weight excluding hydrogens is 365 g/mol. The number of amides is 1. The Bertz CT molecular complexity index is 837. The van der Waals surface area contributed by atoms with Gasteiger partial charge in [-0.15, -0.1) is 5.10 Å². The highest BCUT2D eigenvalue weighted by Gasteiger charge is 2.13. The van der Waals surface area contributed by atoms with E-state index in [1.807, 2.05) is 30.3 Å². The fraction of sp³-hybridized carbons (Fsp3) is 0.0667. The number of carbonyl (C=O) groups excluding carboxylic acids is 1. The average Bonchev–Trinajstić information content (AvgIpc) is 2.99. The van der Waals surface area contributed by atoms with Gasteiger partial charge in [-0.25, -0.2) is 9.07 Å². The fourth-order valence-electron chi connectivity index (χ4n) is 2.02. The number of hydrogen-bond donors (Lipinski definition) is 1. The number of halogens is 2. The summed E-state index contributed by atoms with van der Waals surface area (Å²) in [5.41, 5.74) is 0.896. The van der Waals surface area contributed by atoms with Gasteiger partial charge in [0.15, 0.2) is 5.82 Å². The maximum absolute atomic E-state index is 13.7. The fourth-order valence-corrected chi connectivity index (χ4v) is 2.35. The Hall–Kier alpha value is -2.61. The Morgan fingerprint density at radius 2 is 2.00 bits per heavy atom. The maximum Gasteiger partial charge on any atom is 0.246 e. The van der Waals surface area contributed by atoms with Crippen molar-refractivity contribution in [3.8, 4) is 11.4 Å². The Morgan fingerprint density at radius 1 is 1.22 bits per heavy atom. The molecule has 1 N–H and O–H groups in total. The van der Waals surface area contributed by atoms with Crippen LogP contribution in [0.25, 0.3) is 11.4 Å². The largest absolute Gasteiger partial charge is 0.322 e. The molecule has 0 fully saturated rings. The molecule has 3 aromatic rings. The van der Waals surface area contributed by atoms with Gasteiger partial charge in [-0.05, 0) is 28.6 Å². The van der Waals surface area contributed by atoms with Gasteiger partial charge in [-0.2, -0.15) is 0 Å². The van der Waals surface area contributed by atoms with E-state index >= 15 is 0 Å². The Balaban J connectivity index is 1.75.